The number of hydrogen-bond acceptors (Lipinski definition) is 2. The van der Waals surface area contributed by atoms with Crippen molar-refractivity contribution in [3.63, 3.8) is 0 Å². The Bertz CT molecular complexity index is 1910. The van der Waals surface area contributed by atoms with Gasteiger partial charge in [-0.2, -0.15) is 0 Å². The number of anilines is 1. The van der Waals surface area contributed by atoms with Gasteiger partial charge in [0.1, 0.15) is 24.3 Å². The Hall–Kier alpha value is -3.63. The molecule has 0 bridgehead atoms. The Labute approximate surface area is 238 Å². The highest BCUT2D eigenvalue weighted by atomic mass is 79.9. The van der Waals surface area contributed by atoms with Crippen LogP contribution in [0, 0.1) is 0 Å². The third-order valence-corrected chi connectivity index (χ3v) is 8.57. The summed E-state index contributed by atoms with van der Waals surface area (Å²) in [5.74, 6) is 0. The second kappa shape index (κ2) is 10.5. The lowest BCUT2D eigenvalue weighted by Gasteiger charge is -2.21. The molecule has 6 rings (SSSR count). The molecule has 0 aliphatic rings. The zero-order chi connectivity index (χ0) is 27.1. The van der Waals surface area contributed by atoms with Gasteiger partial charge in [-0.3, -0.25) is 0 Å². The van der Waals surface area contributed by atoms with E-state index in [9.17, 15) is 0 Å². The van der Waals surface area contributed by atoms with Gasteiger partial charge in [0.15, 0.2) is 0 Å². The molecular formula is C35H34BrN2O+. The zero-order valence-corrected chi connectivity index (χ0v) is 24.7. The van der Waals surface area contributed by atoms with Crippen LogP contribution in [0.5, 0.6) is 0 Å². The van der Waals surface area contributed by atoms with E-state index in [0.717, 1.165) is 63.4 Å². The first-order chi connectivity index (χ1) is 19.1. The number of halogens is 1. The molecule has 0 radical (unpaired) electrons. The second-order valence-electron chi connectivity index (χ2n) is 10.0. The van der Waals surface area contributed by atoms with Crippen molar-refractivity contribution < 1.29 is 4.42 Å². The van der Waals surface area contributed by atoms with Gasteiger partial charge < -0.3 is 9.32 Å². The maximum absolute atomic E-state index is 6.93. The lowest BCUT2D eigenvalue weighted by Crippen LogP contribution is -2.29. The highest BCUT2D eigenvalue weighted by Crippen LogP contribution is 2.42. The topological polar surface area (TPSA) is 19.4 Å². The van der Waals surface area contributed by atoms with Gasteiger partial charge in [-0.05, 0) is 92.6 Å². The highest BCUT2D eigenvalue weighted by molar-refractivity contribution is 9.10. The van der Waals surface area contributed by atoms with E-state index in [-0.39, 0.29) is 0 Å². The van der Waals surface area contributed by atoms with Gasteiger partial charge in [-0.1, -0.05) is 40.2 Å². The van der Waals surface area contributed by atoms with E-state index in [2.05, 4.69) is 138 Å². The molecule has 196 valence electrons. The Morgan fingerprint density at radius 3 is 1.79 bits per heavy atom. The third-order valence-electron chi connectivity index (χ3n) is 8.04. The van der Waals surface area contributed by atoms with Gasteiger partial charge in [0.05, 0.1) is 0 Å². The van der Waals surface area contributed by atoms with Crippen molar-refractivity contribution in [2.45, 2.75) is 27.7 Å². The second-order valence-corrected chi connectivity index (χ2v) is 10.9. The molecule has 4 heteroatoms. The van der Waals surface area contributed by atoms with E-state index in [0.29, 0.717) is 0 Å². The van der Waals surface area contributed by atoms with Gasteiger partial charge in [0.2, 0.25) is 5.36 Å². The molecule has 0 unspecified atom stereocenters. The first-order valence-corrected chi connectivity index (χ1v) is 14.8. The minimum Gasteiger partial charge on any atom is -0.455 e. The van der Waals surface area contributed by atoms with Crippen LogP contribution in [-0.2, 0) is 0 Å². The molecule has 0 N–H and O–H groups in total. The minimum absolute atomic E-state index is 0.935. The summed E-state index contributed by atoms with van der Waals surface area (Å²) in [5, 5.41) is 8.18. The molecule has 0 aliphatic carbocycles. The summed E-state index contributed by atoms with van der Waals surface area (Å²) in [6.45, 7) is 12.8. The molecule has 0 spiro atoms. The molecule has 1 aromatic heterocycles. The van der Waals surface area contributed by atoms with Crippen LogP contribution in [0.3, 0.4) is 0 Å². The van der Waals surface area contributed by atoms with E-state index in [1.54, 1.807) is 0 Å². The Morgan fingerprint density at radius 1 is 0.641 bits per heavy atom. The first kappa shape index (κ1) is 25.6. The van der Waals surface area contributed by atoms with Gasteiger partial charge in [-0.15, -0.1) is 0 Å². The fourth-order valence-corrected chi connectivity index (χ4v) is 6.20. The van der Waals surface area contributed by atoms with E-state index in [4.69, 9.17) is 4.42 Å². The molecule has 0 fully saturated rings. The average molecular weight is 579 g/mol. The van der Waals surface area contributed by atoms with Crippen LogP contribution in [0.4, 0.5) is 5.69 Å². The van der Waals surface area contributed by atoms with Crippen molar-refractivity contribution in [2.24, 2.45) is 0 Å². The van der Waals surface area contributed by atoms with Gasteiger partial charge in [-0.25, -0.2) is 4.58 Å². The number of fused-ring (bicyclic) bond motifs is 6. The van der Waals surface area contributed by atoms with Crippen molar-refractivity contribution in [1.82, 2.24) is 4.58 Å². The highest BCUT2D eigenvalue weighted by Gasteiger charge is 2.17. The number of rotatable bonds is 6. The van der Waals surface area contributed by atoms with Crippen molar-refractivity contribution in [3.8, 4) is 11.1 Å². The van der Waals surface area contributed by atoms with Crippen molar-refractivity contribution in [1.29, 1.82) is 0 Å². The van der Waals surface area contributed by atoms with E-state index < -0.39 is 0 Å². The van der Waals surface area contributed by atoms with Gasteiger partial charge in [0, 0.05) is 62.5 Å². The smallest absolute Gasteiger partial charge is 0.200 e. The van der Waals surface area contributed by atoms with E-state index >= 15 is 0 Å². The summed E-state index contributed by atoms with van der Waals surface area (Å²) >= 11 is 3.62. The summed E-state index contributed by atoms with van der Waals surface area (Å²) in [7, 11) is 0. The minimum atomic E-state index is 0.935. The molecule has 39 heavy (non-hydrogen) atoms. The van der Waals surface area contributed by atoms with Crippen LogP contribution in [-0.4, -0.2) is 26.2 Å². The maximum Gasteiger partial charge on any atom is 0.200 e. The van der Waals surface area contributed by atoms with Crippen molar-refractivity contribution in [2.75, 3.05) is 31.1 Å². The maximum atomic E-state index is 6.93. The fraction of sp³-hybridized carbons (Fsp3) is 0.229. The van der Waals surface area contributed by atoms with Gasteiger partial charge >= 0.3 is 0 Å². The molecule has 6 aromatic rings. The normalized spacial score (nSPS) is 11.6. The summed E-state index contributed by atoms with van der Waals surface area (Å²) in [5.41, 5.74) is 5.51. The number of hydrogen-bond donors (Lipinski definition) is 0. The third kappa shape index (κ3) is 4.41. The molecular weight excluding hydrogens is 544 g/mol. The zero-order valence-electron chi connectivity index (χ0n) is 23.1. The largest absolute Gasteiger partial charge is 0.455 e. The van der Waals surface area contributed by atoms with Crippen LogP contribution in [0.15, 0.2) is 93.8 Å². The SMILES string of the molecule is CCN(CC)c1ccc2c(ccc3c(-c4ccc(Br)cc4)c4ccc5cc(=[N+](CC)CC)ccc5c4oc32)c1. The lowest BCUT2D eigenvalue weighted by molar-refractivity contribution is 0.627. The van der Waals surface area contributed by atoms with Crippen LogP contribution in [0.25, 0.3) is 54.6 Å². The summed E-state index contributed by atoms with van der Waals surface area (Å²) < 4.78 is 10.4. The molecule has 3 nitrogen and oxygen atoms in total. The number of benzene rings is 5. The molecule has 1 heterocycles. The van der Waals surface area contributed by atoms with Crippen LogP contribution < -0.4 is 14.8 Å². The van der Waals surface area contributed by atoms with Crippen molar-refractivity contribution >= 4 is 65.1 Å². The number of nitrogens with zero attached hydrogens (tertiary/aromatic N) is 2. The quantitative estimate of drug-likeness (QED) is 0.112. The van der Waals surface area contributed by atoms with E-state index in [1.165, 1.54) is 32.9 Å². The van der Waals surface area contributed by atoms with Crippen molar-refractivity contribution in [3.05, 3.63) is 94.8 Å². The molecule has 5 aromatic carbocycles. The lowest BCUT2D eigenvalue weighted by atomic mass is 9.93. The molecule has 0 aliphatic heterocycles. The van der Waals surface area contributed by atoms with Crippen LogP contribution in [0.2, 0.25) is 0 Å². The average Bonchev–Trinajstić information content (AvgIpc) is 2.97. The standard InChI is InChI=1S/C35H34BrN2O/c1-5-37(6-2)27-15-19-29-24(21-27)11-17-31-33(23-9-13-26(36)14-10-23)32-18-12-25-22-28(38(7-3)8-4)16-20-30(25)35(32)39-34(29)31/h9-22H,5-8H2,1-4H3/q+1. The summed E-state index contributed by atoms with van der Waals surface area (Å²) in [6.07, 6.45) is 0. The molecule has 0 saturated carbocycles. The fourth-order valence-electron chi connectivity index (χ4n) is 5.94. The Kier molecular flexibility index (Phi) is 6.90. The summed E-state index contributed by atoms with van der Waals surface area (Å²) in [6, 6.07) is 31.1. The Balaban J connectivity index is 1.73. The molecule has 0 saturated heterocycles. The van der Waals surface area contributed by atoms with Gasteiger partial charge in [0.25, 0.3) is 0 Å². The van der Waals surface area contributed by atoms with E-state index in [1.807, 2.05) is 0 Å². The van der Waals surface area contributed by atoms with Crippen LogP contribution in [0.1, 0.15) is 27.7 Å². The summed E-state index contributed by atoms with van der Waals surface area (Å²) in [4.78, 5) is 2.38. The predicted molar refractivity (Wildman–Crippen MR) is 172 cm³/mol. The van der Waals surface area contributed by atoms with Crippen LogP contribution >= 0.6 is 15.9 Å². The molecule has 0 amide bonds. The predicted octanol–water partition coefficient (Wildman–Crippen LogP) is 8.98. The molecule has 0 atom stereocenters. The monoisotopic (exact) mass is 577 g/mol. The Morgan fingerprint density at radius 2 is 1.21 bits per heavy atom. The first-order valence-electron chi connectivity index (χ1n) is 14.0.